The molecule has 0 bridgehead atoms. The molecular formula is C12H23N3O2. The Bertz CT molecular complexity index is 351. The number of nitrogens with zero attached hydrogens (tertiary/aromatic N) is 2. The van der Waals surface area contributed by atoms with Gasteiger partial charge in [-0.2, -0.15) is 4.98 Å². The fourth-order valence-electron chi connectivity index (χ4n) is 1.39. The van der Waals surface area contributed by atoms with Gasteiger partial charge in [0.25, 0.3) is 0 Å². The molecule has 5 heteroatoms. The van der Waals surface area contributed by atoms with Crippen LogP contribution in [0.2, 0.25) is 0 Å². The van der Waals surface area contributed by atoms with E-state index in [2.05, 4.69) is 10.1 Å². The van der Waals surface area contributed by atoms with Crippen molar-refractivity contribution in [3.8, 4) is 0 Å². The maximum atomic E-state index is 5.91. The van der Waals surface area contributed by atoms with Gasteiger partial charge in [0.1, 0.15) is 5.60 Å². The first-order valence-corrected chi connectivity index (χ1v) is 5.98. The first-order valence-electron chi connectivity index (χ1n) is 5.98. The largest absolute Gasteiger partial charge is 0.370 e. The van der Waals surface area contributed by atoms with Crippen molar-refractivity contribution in [3.63, 3.8) is 0 Å². The minimum Gasteiger partial charge on any atom is -0.370 e. The Hall–Kier alpha value is -0.940. The maximum absolute atomic E-state index is 5.91. The first-order chi connectivity index (χ1) is 7.80. The molecular weight excluding hydrogens is 218 g/mol. The molecule has 1 atom stereocenters. The molecule has 1 heterocycles. The molecule has 0 saturated carbocycles. The number of rotatable bonds is 6. The van der Waals surface area contributed by atoms with Crippen LogP contribution >= 0.6 is 0 Å². The molecule has 1 unspecified atom stereocenters. The first kappa shape index (κ1) is 14.1. The summed E-state index contributed by atoms with van der Waals surface area (Å²) in [5.74, 6) is 1.22. The van der Waals surface area contributed by atoms with Gasteiger partial charge in [-0.05, 0) is 33.6 Å². The molecule has 1 aromatic rings. The number of nitrogens with two attached hydrogens (primary N) is 1. The van der Waals surface area contributed by atoms with Gasteiger partial charge in [-0.25, -0.2) is 0 Å². The highest BCUT2D eigenvalue weighted by Gasteiger charge is 2.30. The highest BCUT2D eigenvalue weighted by Crippen LogP contribution is 2.25. The predicted octanol–water partition coefficient (Wildman–Crippen LogP) is 2.01. The van der Waals surface area contributed by atoms with Crippen molar-refractivity contribution in [1.29, 1.82) is 0 Å². The monoisotopic (exact) mass is 241 g/mol. The summed E-state index contributed by atoms with van der Waals surface area (Å²) in [4.78, 5) is 4.37. The summed E-state index contributed by atoms with van der Waals surface area (Å²) in [7, 11) is 1.66. The second-order valence-corrected chi connectivity index (χ2v) is 5.29. The molecule has 0 aromatic carbocycles. The second-order valence-electron chi connectivity index (χ2n) is 5.29. The van der Waals surface area contributed by atoms with Crippen LogP contribution in [0.4, 0.5) is 0 Å². The summed E-state index contributed by atoms with van der Waals surface area (Å²) in [6.45, 7) is 7.95. The summed E-state index contributed by atoms with van der Waals surface area (Å²) in [5.41, 5.74) is 5.22. The van der Waals surface area contributed by atoms with E-state index >= 15 is 0 Å². The molecule has 17 heavy (non-hydrogen) atoms. The third kappa shape index (κ3) is 3.78. The van der Waals surface area contributed by atoms with Crippen molar-refractivity contribution >= 4 is 0 Å². The van der Waals surface area contributed by atoms with E-state index < -0.39 is 5.60 Å². The average molecular weight is 241 g/mol. The molecule has 0 aliphatic heterocycles. The summed E-state index contributed by atoms with van der Waals surface area (Å²) < 4.78 is 10.6. The Labute approximate surface area is 103 Å². The van der Waals surface area contributed by atoms with E-state index in [-0.39, 0.29) is 5.54 Å². The predicted molar refractivity (Wildman–Crippen MR) is 65.5 cm³/mol. The van der Waals surface area contributed by atoms with Gasteiger partial charge in [-0.15, -0.1) is 0 Å². The molecule has 0 aliphatic rings. The third-order valence-electron chi connectivity index (χ3n) is 3.05. The van der Waals surface area contributed by atoms with Crippen LogP contribution in [0.25, 0.3) is 0 Å². The van der Waals surface area contributed by atoms with Crippen LogP contribution in [0.1, 0.15) is 52.3 Å². The van der Waals surface area contributed by atoms with Crippen molar-refractivity contribution in [1.82, 2.24) is 10.1 Å². The van der Waals surface area contributed by atoms with Crippen LogP contribution in [-0.4, -0.2) is 22.8 Å². The van der Waals surface area contributed by atoms with Gasteiger partial charge in [-0.3, -0.25) is 0 Å². The lowest BCUT2D eigenvalue weighted by Crippen LogP contribution is -2.32. The van der Waals surface area contributed by atoms with E-state index in [0.717, 1.165) is 12.8 Å². The van der Waals surface area contributed by atoms with Crippen LogP contribution < -0.4 is 5.73 Å². The van der Waals surface area contributed by atoms with Crippen molar-refractivity contribution in [2.24, 2.45) is 5.73 Å². The third-order valence-corrected chi connectivity index (χ3v) is 3.05. The highest BCUT2D eigenvalue weighted by atomic mass is 16.5. The van der Waals surface area contributed by atoms with Crippen molar-refractivity contribution in [2.45, 2.75) is 58.1 Å². The van der Waals surface area contributed by atoms with Crippen LogP contribution in [0.3, 0.4) is 0 Å². The van der Waals surface area contributed by atoms with Gasteiger partial charge in [0, 0.05) is 19.1 Å². The zero-order chi connectivity index (χ0) is 13.1. The van der Waals surface area contributed by atoms with Gasteiger partial charge < -0.3 is 15.0 Å². The second kappa shape index (κ2) is 5.14. The standard InChI is InChI=1S/C12H23N3O2/c1-6-12(4,16-5)10-14-9(17-15-10)7-8-11(2,3)13/h6-8,13H2,1-5H3. The average Bonchev–Trinajstić information content (AvgIpc) is 2.73. The maximum Gasteiger partial charge on any atom is 0.226 e. The molecule has 1 rings (SSSR count). The lowest BCUT2D eigenvalue weighted by molar-refractivity contribution is -0.0106. The van der Waals surface area contributed by atoms with Gasteiger partial charge in [-0.1, -0.05) is 12.1 Å². The molecule has 0 saturated heterocycles. The van der Waals surface area contributed by atoms with E-state index in [1.807, 2.05) is 27.7 Å². The number of methoxy groups -OCH3 is 1. The number of aryl methyl sites for hydroxylation is 1. The highest BCUT2D eigenvalue weighted by molar-refractivity contribution is 4.99. The topological polar surface area (TPSA) is 74.2 Å². The molecule has 0 spiro atoms. The summed E-state index contributed by atoms with van der Waals surface area (Å²) >= 11 is 0. The fourth-order valence-corrected chi connectivity index (χ4v) is 1.39. The Kier molecular flexibility index (Phi) is 4.27. The lowest BCUT2D eigenvalue weighted by Gasteiger charge is -2.21. The minimum atomic E-state index is -0.472. The Morgan fingerprint density at radius 3 is 2.47 bits per heavy atom. The van der Waals surface area contributed by atoms with Crippen LogP contribution in [0.15, 0.2) is 4.52 Å². The zero-order valence-electron chi connectivity index (χ0n) is 11.4. The zero-order valence-corrected chi connectivity index (χ0v) is 11.4. The Morgan fingerprint density at radius 2 is 2.00 bits per heavy atom. The van der Waals surface area contributed by atoms with Crippen LogP contribution in [0.5, 0.6) is 0 Å². The van der Waals surface area contributed by atoms with Gasteiger partial charge in [0.15, 0.2) is 0 Å². The lowest BCUT2D eigenvalue weighted by atomic mass is 10.00. The molecule has 0 fully saturated rings. The molecule has 1 aromatic heterocycles. The SMILES string of the molecule is CCC(C)(OC)c1noc(CCC(C)(C)N)n1. The van der Waals surface area contributed by atoms with Gasteiger partial charge in [0.05, 0.1) is 0 Å². The fraction of sp³-hybridized carbons (Fsp3) is 0.833. The molecule has 0 amide bonds. The van der Waals surface area contributed by atoms with Crippen LogP contribution in [0, 0.1) is 0 Å². The number of hydrogen-bond donors (Lipinski definition) is 1. The van der Waals surface area contributed by atoms with E-state index in [9.17, 15) is 0 Å². The molecule has 2 N–H and O–H groups in total. The molecule has 0 radical (unpaired) electrons. The smallest absolute Gasteiger partial charge is 0.226 e. The number of aromatic nitrogens is 2. The molecule has 98 valence electrons. The van der Waals surface area contributed by atoms with E-state index in [1.54, 1.807) is 7.11 Å². The normalized spacial score (nSPS) is 15.9. The summed E-state index contributed by atoms with van der Waals surface area (Å²) in [6, 6.07) is 0. The summed E-state index contributed by atoms with van der Waals surface area (Å²) in [6.07, 6.45) is 2.30. The van der Waals surface area contributed by atoms with E-state index in [0.29, 0.717) is 18.1 Å². The van der Waals surface area contributed by atoms with Crippen molar-refractivity contribution in [2.75, 3.05) is 7.11 Å². The number of hydrogen-bond acceptors (Lipinski definition) is 5. The Morgan fingerprint density at radius 1 is 1.35 bits per heavy atom. The number of ether oxygens (including phenoxy) is 1. The van der Waals surface area contributed by atoms with E-state index in [4.69, 9.17) is 15.0 Å². The molecule has 0 aliphatic carbocycles. The van der Waals surface area contributed by atoms with Gasteiger partial charge >= 0.3 is 0 Å². The summed E-state index contributed by atoms with van der Waals surface area (Å²) in [5, 5.41) is 3.98. The van der Waals surface area contributed by atoms with Gasteiger partial charge in [0.2, 0.25) is 11.7 Å². The van der Waals surface area contributed by atoms with Crippen molar-refractivity contribution < 1.29 is 9.26 Å². The molecule has 5 nitrogen and oxygen atoms in total. The quantitative estimate of drug-likeness (QED) is 0.824. The minimum absolute atomic E-state index is 0.218. The van der Waals surface area contributed by atoms with Crippen LogP contribution in [-0.2, 0) is 16.8 Å². The van der Waals surface area contributed by atoms with E-state index in [1.165, 1.54) is 0 Å². The Balaban J connectivity index is 2.71. The van der Waals surface area contributed by atoms with Crippen molar-refractivity contribution in [3.05, 3.63) is 11.7 Å².